The molecule has 2 N–H and O–H groups in total. The molecule has 0 aliphatic carbocycles. The summed E-state index contributed by atoms with van der Waals surface area (Å²) in [4.78, 5) is 0. The molecule has 17 heavy (non-hydrogen) atoms. The maximum Gasteiger partial charge on any atom is 0.488 e. The van der Waals surface area contributed by atoms with Gasteiger partial charge in [0.25, 0.3) is 0 Å². The quantitative estimate of drug-likeness (QED) is 0.735. The predicted molar refractivity (Wildman–Crippen MR) is 65.4 cm³/mol. The average Bonchev–Trinajstić information content (AvgIpc) is 2.27. The Labute approximate surface area is 101 Å². The fourth-order valence-corrected chi connectivity index (χ4v) is 1.56. The van der Waals surface area contributed by atoms with Gasteiger partial charge >= 0.3 is 7.12 Å². The highest BCUT2D eigenvalue weighted by Crippen LogP contribution is 2.10. The molecule has 0 fully saturated rings. The van der Waals surface area contributed by atoms with Gasteiger partial charge in [0, 0.05) is 5.56 Å². The molecule has 1 aromatic rings. The van der Waals surface area contributed by atoms with E-state index in [2.05, 4.69) is 6.92 Å². The van der Waals surface area contributed by atoms with Gasteiger partial charge in [0.1, 0.15) is 5.82 Å². The van der Waals surface area contributed by atoms with E-state index in [4.69, 9.17) is 14.8 Å². The minimum atomic E-state index is -1.64. The van der Waals surface area contributed by atoms with Gasteiger partial charge < -0.3 is 14.8 Å². The van der Waals surface area contributed by atoms with Gasteiger partial charge in [-0.05, 0) is 24.9 Å². The highest BCUT2D eigenvalue weighted by atomic mass is 19.1. The van der Waals surface area contributed by atoms with Gasteiger partial charge in [-0.3, -0.25) is 0 Å². The summed E-state index contributed by atoms with van der Waals surface area (Å²) in [5.74, 6) is -0.473. The molecule has 0 bridgehead atoms. The van der Waals surface area contributed by atoms with Gasteiger partial charge in [0.2, 0.25) is 0 Å². The van der Waals surface area contributed by atoms with Crippen molar-refractivity contribution in [2.45, 2.75) is 39.4 Å². The van der Waals surface area contributed by atoms with Crippen molar-refractivity contribution < 1.29 is 19.2 Å². The first-order valence-corrected chi connectivity index (χ1v) is 5.80. The predicted octanol–water partition coefficient (Wildman–Crippen LogP) is 1.21. The second-order valence-electron chi connectivity index (χ2n) is 4.13. The van der Waals surface area contributed by atoms with Crippen LogP contribution in [0.2, 0.25) is 0 Å². The van der Waals surface area contributed by atoms with Gasteiger partial charge in [-0.15, -0.1) is 0 Å². The third-order valence-electron chi connectivity index (χ3n) is 2.59. The van der Waals surface area contributed by atoms with Crippen LogP contribution in [-0.2, 0) is 11.3 Å². The summed E-state index contributed by atoms with van der Waals surface area (Å²) in [7, 11) is -1.64. The Balaban J connectivity index is 2.60. The van der Waals surface area contributed by atoms with Crippen molar-refractivity contribution in [2.24, 2.45) is 0 Å². The Hall–Kier alpha value is -0.905. The molecule has 1 unspecified atom stereocenters. The Bertz CT molecular complexity index is 358. The lowest BCUT2D eigenvalue weighted by Crippen LogP contribution is -2.30. The van der Waals surface area contributed by atoms with Crippen LogP contribution >= 0.6 is 0 Å². The summed E-state index contributed by atoms with van der Waals surface area (Å²) in [6.45, 7) is 4.22. The zero-order valence-electron chi connectivity index (χ0n) is 10.2. The van der Waals surface area contributed by atoms with Gasteiger partial charge in [-0.2, -0.15) is 0 Å². The van der Waals surface area contributed by atoms with Crippen LogP contribution in [0.15, 0.2) is 18.2 Å². The maximum atomic E-state index is 13.5. The molecule has 0 aliphatic rings. The van der Waals surface area contributed by atoms with Crippen LogP contribution in [0, 0.1) is 5.82 Å². The number of hydrogen-bond donors (Lipinski definition) is 2. The van der Waals surface area contributed by atoms with Crippen molar-refractivity contribution in [3.63, 3.8) is 0 Å². The molecule has 0 amide bonds. The number of hydrogen-bond acceptors (Lipinski definition) is 3. The third-order valence-corrected chi connectivity index (χ3v) is 2.59. The molecule has 5 heteroatoms. The molecule has 1 rings (SSSR count). The number of halogens is 1. The van der Waals surface area contributed by atoms with Gasteiger partial charge in [-0.1, -0.05) is 25.5 Å². The third kappa shape index (κ3) is 4.46. The Morgan fingerprint density at radius 1 is 1.41 bits per heavy atom. The van der Waals surface area contributed by atoms with E-state index in [1.165, 1.54) is 12.1 Å². The molecule has 0 saturated heterocycles. The topological polar surface area (TPSA) is 49.7 Å². The van der Waals surface area contributed by atoms with E-state index in [1.54, 1.807) is 0 Å². The highest BCUT2D eigenvalue weighted by molar-refractivity contribution is 6.58. The zero-order chi connectivity index (χ0) is 12.8. The fourth-order valence-electron chi connectivity index (χ4n) is 1.56. The van der Waals surface area contributed by atoms with Crippen LogP contribution < -0.4 is 5.46 Å². The van der Waals surface area contributed by atoms with Crippen molar-refractivity contribution in [3.8, 4) is 0 Å². The van der Waals surface area contributed by atoms with Crippen molar-refractivity contribution in [1.29, 1.82) is 0 Å². The lowest BCUT2D eigenvalue weighted by atomic mass is 9.80. The van der Waals surface area contributed by atoms with Crippen LogP contribution in [-0.4, -0.2) is 23.3 Å². The van der Waals surface area contributed by atoms with E-state index >= 15 is 0 Å². The van der Waals surface area contributed by atoms with Crippen LogP contribution in [0.1, 0.15) is 32.3 Å². The molecule has 94 valence electrons. The number of ether oxygens (including phenoxy) is 1. The van der Waals surface area contributed by atoms with Crippen LogP contribution in [0.5, 0.6) is 0 Å². The van der Waals surface area contributed by atoms with E-state index in [9.17, 15) is 4.39 Å². The minimum Gasteiger partial charge on any atom is -0.423 e. The SMILES string of the molecule is CCCC(C)OCc1ccc(B(O)O)cc1F. The van der Waals surface area contributed by atoms with E-state index in [1.807, 2.05) is 6.92 Å². The van der Waals surface area contributed by atoms with E-state index in [0.717, 1.165) is 18.9 Å². The Morgan fingerprint density at radius 3 is 2.65 bits per heavy atom. The second-order valence-corrected chi connectivity index (χ2v) is 4.13. The molecule has 0 saturated carbocycles. The van der Waals surface area contributed by atoms with Crippen molar-refractivity contribution in [3.05, 3.63) is 29.6 Å². The lowest BCUT2D eigenvalue weighted by Gasteiger charge is -2.12. The monoisotopic (exact) mass is 240 g/mol. The molecule has 0 spiro atoms. The van der Waals surface area contributed by atoms with E-state index < -0.39 is 12.9 Å². The van der Waals surface area contributed by atoms with Crippen molar-refractivity contribution in [1.82, 2.24) is 0 Å². The molecule has 0 heterocycles. The van der Waals surface area contributed by atoms with Crippen LogP contribution in [0.4, 0.5) is 4.39 Å². The van der Waals surface area contributed by atoms with E-state index in [-0.39, 0.29) is 18.2 Å². The Kier molecular flexibility index (Phi) is 5.61. The second kappa shape index (κ2) is 6.74. The molecule has 1 atom stereocenters. The molecule has 1 aromatic carbocycles. The summed E-state index contributed by atoms with van der Waals surface area (Å²) < 4.78 is 19.0. The summed E-state index contributed by atoms with van der Waals surface area (Å²) in [5, 5.41) is 17.8. The normalized spacial score (nSPS) is 12.5. The first-order valence-electron chi connectivity index (χ1n) is 5.80. The van der Waals surface area contributed by atoms with Crippen LogP contribution in [0.3, 0.4) is 0 Å². The average molecular weight is 240 g/mol. The largest absolute Gasteiger partial charge is 0.488 e. The number of benzene rings is 1. The van der Waals surface area contributed by atoms with Gasteiger partial charge in [0.15, 0.2) is 0 Å². The standard InChI is InChI=1S/C12H18BFO3/c1-3-4-9(2)17-8-10-5-6-11(13(15)16)7-12(10)14/h5-7,9,15-16H,3-4,8H2,1-2H3. The van der Waals surface area contributed by atoms with Gasteiger partial charge in [-0.25, -0.2) is 4.39 Å². The molecular formula is C12H18BFO3. The smallest absolute Gasteiger partial charge is 0.423 e. The molecule has 3 nitrogen and oxygen atoms in total. The maximum absolute atomic E-state index is 13.5. The summed E-state index contributed by atoms with van der Waals surface area (Å²) in [6, 6.07) is 4.12. The Morgan fingerprint density at radius 2 is 2.12 bits per heavy atom. The summed E-state index contributed by atoms with van der Waals surface area (Å²) in [5.41, 5.74) is 0.574. The van der Waals surface area contributed by atoms with Crippen molar-refractivity contribution >= 4 is 12.6 Å². The van der Waals surface area contributed by atoms with Gasteiger partial charge in [0.05, 0.1) is 12.7 Å². The highest BCUT2D eigenvalue weighted by Gasteiger charge is 2.13. The minimum absolute atomic E-state index is 0.0995. The molecular weight excluding hydrogens is 222 g/mol. The summed E-state index contributed by atoms with van der Waals surface area (Å²) >= 11 is 0. The first-order chi connectivity index (χ1) is 8.04. The zero-order valence-corrected chi connectivity index (χ0v) is 10.2. The fraction of sp³-hybridized carbons (Fsp3) is 0.500. The van der Waals surface area contributed by atoms with Crippen molar-refractivity contribution in [2.75, 3.05) is 0 Å². The number of rotatable bonds is 6. The molecule has 0 radical (unpaired) electrons. The lowest BCUT2D eigenvalue weighted by molar-refractivity contribution is 0.0456. The molecule has 0 aliphatic heterocycles. The first kappa shape index (κ1) is 14.2. The summed E-state index contributed by atoms with van der Waals surface area (Å²) in [6.07, 6.45) is 2.07. The van der Waals surface area contributed by atoms with Crippen LogP contribution in [0.25, 0.3) is 0 Å². The molecule has 0 aromatic heterocycles. The van der Waals surface area contributed by atoms with E-state index in [0.29, 0.717) is 5.56 Å².